The third-order valence-corrected chi connectivity index (χ3v) is 4.31. The second-order valence-electron chi connectivity index (χ2n) is 6.62. The number of methoxy groups -OCH3 is 2. The summed E-state index contributed by atoms with van der Waals surface area (Å²) in [5, 5.41) is 6.28. The van der Waals surface area contributed by atoms with Gasteiger partial charge in [0.15, 0.2) is 0 Å². The molecule has 6 heteroatoms. The van der Waals surface area contributed by atoms with Crippen molar-refractivity contribution >= 4 is 17.3 Å². The fourth-order valence-electron chi connectivity index (χ4n) is 3.11. The van der Waals surface area contributed by atoms with Gasteiger partial charge in [-0.15, -0.1) is 0 Å². The highest BCUT2D eigenvalue weighted by Gasteiger charge is 2.20. The molecule has 0 saturated heterocycles. The van der Waals surface area contributed by atoms with Crippen molar-refractivity contribution in [2.75, 3.05) is 39.4 Å². The summed E-state index contributed by atoms with van der Waals surface area (Å²) in [4.78, 5) is 11.5. The highest BCUT2D eigenvalue weighted by molar-refractivity contribution is 5.77. The minimum Gasteiger partial charge on any atom is -0.496 e. The number of ether oxygens (including phenoxy) is 2. The van der Waals surface area contributed by atoms with Crippen molar-refractivity contribution in [2.45, 2.75) is 45.1 Å². The molecule has 4 N–H and O–H groups in total. The topological polar surface area (TPSA) is 85.6 Å². The molecular weight excluding hydrogens is 318 g/mol. The van der Waals surface area contributed by atoms with Gasteiger partial charge in [0.25, 0.3) is 0 Å². The van der Waals surface area contributed by atoms with Crippen molar-refractivity contribution in [1.29, 1.82) is 0 Å². The second kappa shape index (κ2) is 10.8. The molecule has 2 atom stereocenters. The van der Waals surface area contributed by atoms with Crippen LogP contribution in [-0.4, -0.2) is 40.3 Å². The van der Waals surface area contributed by atoms with Gasteiger partial charge in [-0.25, -0.2) is 0 Å². The van der Waals surface area contributed by atoms with Gasteiger partial charge in [-0.1, -0.05) is 19.8 Å². The Hall–Kier alpha value is -1.95. The van der Waals surface area contributed by atoms with Gasteiger partial charge in [-0.05, 0) is 38.9 Å². The van der Waals surface area contributed by atoms with Gasteiger partial charge in [0.2, 0.25) is 0 Å². The van der Waals surface area contributed by atoms with Gasteiger partial charge in [0, 0.05) is 17.7 Å². The molecule has 0 radical (unpaired) electrons. The van der Waals surface area contributed by atoms with E-state index >= 15 is 0 Å². The summed E-state index contributed by atoms with van der Waals surface area (Å²) >= 11 is 0. The van der Waals surface area contributed by atoms with E-state index in [9.17, 15) is 4.79 Å². The first kappa shape index (κ1) is 21.1. The Bertz CT molecular complexity index is 549. The Kier molecular flexibility index (Phi) is 9.13. The first-order valence-electron chi connectivity index (χ1n) is 8.83. The molecule has 25 heavy (non-hydrogen) atoms. The Morgan fingerprint density at radius 3 is 2.52 bits per heavy atom. The molecule has 1 aliphatic carbocycles. The lowest BCUT2D eigenvalue weighted by Crippen LogP contribution is -2.26. The molecule has 0 amide bonds. The van der Waals surface area contributed by atoms with E-state index < -0.39 is 0 Å². The van der Waals surface area contributed by atoms with E-state index in [1.807, 2.05) is 20.2 Å². The van der Waals surface area contributed by atoms with Crippen LogP contribution in [0.1, 0.15) is 38.2 Å². The lowest BCUT2D eigenvalue weighted by molar-refractivity contribution is -0.139. The summed E-state index contributed by atoms with van der Waals surface area (Å²) in [7, 11) is 6.72. The smallest absolute Gasteiger partial charge is 0.310 e. The number of hydrogen-bond acceptors (Lipinski definition) is 6. The molecule has 0 aliphatic heterocycles. The molecule has 1 aromatic carbocycles. The van der Waals surface area contributed by atoms with Crippen LogP contribution in [0.25, 0.3) is 0 Å². The fourth-order valence-corrected chi connectivity index (χ4v) is 3.11. The van der Waals surface area contributed by atoms with Crippen molar-refractivity contribution in [3.63, 3.8) is 0 Å². The zero-order valence-electron chi connectivity index (χ0n) is 16.1. The first-order chi connectivity index (χ1) is 11.9. The van der Waals surface area contributed by atoms with E-state index in [0.717, 1.165) is 30.0 Å². The summed E-state index contributed by atoms with van der Waals surface area (Å²) in [6.07, 6.45) is 5.03. The van der Waals surface area contributed by atoms with Gasteiger partial charge in [-0.2, -0.15) is 0 Å². The number of carbonyl (C=O) groups excluding carboxylic acids is 1. The lowest BCUT2D eigenvalue weighted by Gasteiger charge is -2.29. The standard InChI is InChI=1S/C17H26N2O3.C2H7N/c1-11-5-4-6-13(7-11)19-15-10-16(21-2)12(8-14(15)18)9-17(20)22-3;1-3-2/h8,10-11,13,19H,4-7,9,18H2,1-3H3;3H,1-2H3/t11?,13-;/m0./s1. The molecule has 2 rings (SSSR count). The summed E-state index contributed by atoms with van der Waals surface area (Å²) in [6.45, 7) is 2.29. The molecule has 0 aromatic heterocycles. The maximum Gasteiger partial charge on any atom is 0.310 e. The fraction of sp³-hybridized carbons (Fsp3) is 0.632. The van der Waals surface area contributed by atoms with E-state index in [2.05, 4.69) is 17.6 Å². The van der Waals surface area contributed by atoms with Crippen LogP contribution in [0.3, 0.4) is 0 Å². The molecule has 1 fully saturated rings. The predicted molar refractivity (Wildman–Crippen MR) is 103 cm³/mol. The molecule has 1 saturated carbocycles. The van der Waals surface area contributed by atoms with Gasteiger partial charge < -0.3 is 25.8 Å². The van der Waals surface area contributed by atoms with Gasteiger partial charge >= 0.3 is 5.97 Å². The molecule has 6 nitrogen and oxygen atoms in total. The van der Waals surface area contributed by atoms with Crippen molar-refractivity contribution in [2.24, 2.45) is 5.92 Å². The first-order valence-corrected chi connectivity index (χ1v) is 8.83. The minimum atomic E-state index is -0.306. The van der Waals surface area contributed by atoms with Gasteiger partial charge in [-0.3, -0.25) is 4.79 Å². The van der Waals surface area contributed by atoms with Crippen LogP contribution >= 0.6 is 0 Å². The zero-order valence-corrected chi connectivity index (χ0v) is 16.1. The number of anilines is 2. The molecule has 1 aromatic rings. The van der Waals surface area contributed by atoms with E-state index in [-0.39, 0.29) is 12.4 Å². The van der Waals surface area contributed by atoms with E-state index in [1.54, 1.807) is 13.2 Å². The third-order valence-electron chi connectivity index (χ3n) is 4.31. The normalized spacial score (nSPS) is 19.4. The summed E-state index contributed by atoms with van der Waals surface area (Å²) < 4.78 is 10.1. The SMILES string of the molecule is CNC.COC(=O)Cc1cc(N)c(N[C@H]2CCCC(C)C2)cc1OC. The predicted octanol–water partition coefficient (Wildman–Crippen LogP) is 2.82. The average molecular weight is 351 g/mol. The van der Waals surface area contributed by atoms with Crippen LogP contribution in [0.15, 0.2) is 12.1 Å². The van der Waals surface area contributed by atoms with E-state index in [0.29, 0.717) is 17.5 Å². The van der Waals surface area contributed by atoms with Crippen LogP contribution in [0.4, 0.5) is 11.4 Å². The monoisotopic (exact) mass is 351 g/mol. The molecule has 1 unspecified atom stereocenters. The molecule has 0 bridgehead atoms. The number of rotatable bonds is 5. The highest BCUT2D eigenvalue weighted by Crippen LogP contribution is 2.33. The number of hydrogen-bond donors (Lipinski definition) is 3. The third kappa shape index (κ3) is 6.82. The number of carbonyl (C=O) groups is 1. The van der Waals surface area contributed by atoms with Gasteiger partial charge in [0.1, 0.15) is 5.75 Å². The van der Waals surface area contributed by atoms with Crippen LogP contribution in [0.2, 0.25) is 0 Å². The largest absolute Gasteiger partial charge is 0.496 e. The van der Waals surface area contributed by atoms with E-state index in [4.69, 9.17) is 15.2 Å². The molecule has 0 heterocycles. The number of nitrogens with two attached hydrogens (primary N) is 1. The Morgan fingerprint density at radius 2 is 1.96 bits per heavy atom. The van der Waals surface area contributed by atoms with Crippen molar-refractivity contribution in [1.82, 2.24) is 5.32 Å². The molecule has 142 valence electrons. The van der Waals surface area contributed by atoms with Gasteiger partial charge in [0.05, 0.1) is 32.0 Å². The summed E-state index contributed by atoms with van der Waals surface area (Å²) in [5.41, 5.74) is 8.40. The molecular formula is C19H33N3O3. The molecule has 1 aliphatic rings. The quantitative estimate of drug-likeness (QED) is 0.559. The van der Waals surface area contributed by atoms with E-state index in [1.165, 1.54) is 20.0 Å². The summed E-state index contributed by atoms with van der Waals surface area (Å²) in [5.74, 6) is 1.10. The Balaban J connectivity index is 0.000000970. The Labute approximate surface area is 151 Å². The number of nitrogen functional groups attached to an aromatic ring is 1. The zero-order chi connectivity index (χ0) is 18.8. The maximum atomic E-state index is 11.5. The van der Waals surface area contributed by atoms with Crippen LogP contribution < -0.4 is 21.1 Å². The summed E-state index contributed by atoms with van der Waals surface area (Å²) in [6, 6.07) is 4.12. The average Bonchev–Trinajstić information content (AvgIpc) is 2.58. The van der Waals surface area contributed by atoms with Crippen LogP contribution in [0.5, 0.6) is 5.75 Å². The van der Waals surface area contributed by atoms with Crippen molar-refractivity contribution in [3.05, 3.63) is 17.7 Å². The Morgan fingerprint density at radius 1 is 1.28 bits per heavy atom. The van der Waals surface area contributed by atoms with Crippen molar-refractivity contribution in [3.8, 4) is 5.75 Å². The number of esters is 1. The maximum absolute atomic E-state index is 11.5. The second-order valence-corrected chi connectivity index (χ2v) is 6.62. The molecule has 0 spiro atoms. The van der Waals surface area contributed by atoms with Crippen LogP contribution in [0, 0.1) is 5.92 Å². The highest BCUT2D eigenvalue weighted by atomic mass is 16.5. The number of nitrogens with one attached hydrogen (secondary N) is 2. The number of benzene rings is 1. The van der Waals surface area contributed by atoms with Crippen molar-refractivity contribution < 1.29 is 14.3 Å². The minimum absolute atomic E-state index is 0.157. The lowest BCUT2D eigenvalue weighted by atomic mass is 9.87. The van der Waals surface area contributed by atoms with Crippen LogP contribution in [-0.2, 0) is 16.0 Å².